The van der Waals surface area contributed by atoms with E-state index >= 15 is 0 Å². The zero-order valence-electron chi connectivity index (χ0n) is 16.4. The maximum Gasteiger partial charge on any atom is 0.239 e. The minimum Gasteiger partial charge on any atom is -0.353 e. The number of aryl methyl sites for hydroxylation is 1. The molecule has 3 aromatic rings. The van der Waals surface area contributed by atoms with E-state index in [1.54, 1.807) is 0 Å². The van der Waals surface area contributed by atoms with Gasteiger partial charge in [0.2, 0.25) is 5.91 Å². The van der Waals surface area contributed by atoms with Gasteiger partial charge in [0.25, 0.3) is 0 Å². The highest BCUT2D eigenvalue weighted by molar-refractivity contribution is 7.99. The Hall–Kier alpha value is -2.24. The highest BCUT2D eigenvalue weighted by atomic mass is 32.2. The summed E-state index contributed by atoms with van der Waals surface area (Å²) < 4.78 is 2.04. The number of hydrogen-bond donors (Lipinski definition) is 1. The van der Waals surface area contributed by atoms with Crippen molar-refractivity contribution in [2.24, 2.45) is 0 Å². The van der Waals surface area contributed by atoms with Gasteiger partial charge in [0.15, 0.2) is 0 Å². The summed E-state index contributed by atoms with van der Waals surface area (Å²) in [5.41, 5.74) is 4.73. The molecule has 0 aliphatic carbocycles. The van der Waals surface area contributed by atoms with Crippen molar-refractivity contribution in [2.45, 2.75) is 13.5 Å². The first-order chi connectivity index (χ1) is 13.7. The lowest BCUT2D eigenvalue weighted by molar-refractivity contribution is -0.121. The molecule has 1 aliphatic heterocycles. The number of fused-ring (bicyclic) bond motifs is 1. The summed E-state index contributed by atoms with van der Waals surface area (Å²) in [5, 5.41) is 4.24. The van der Waals surface area contributed by atoms with Crippen LogP contribution in [-0.2, 0) is 11.3 Å². The molecule has 1 aromatic heterocycles. The molecule has 1 aliphatic rings. The van der Waals surface area contributed by atoms with Crippen LogP contribution in [0.4, 0.5) is 0 Å². The number of rotatable bonds is 6. The summed E-state index contributed by atoms with van der Waals surface area (Å²) in [6.45, 7) is 6.38. The Morgan fingerprint density at radius 1 is 1.04 bits per heavy atom. The molecular weight excluding hydrogens is 366 g/mol. The Labute approximate surface area is 170 Å². The second-order valence-corrected chi connectivity index (χ2v) is 8.61. The minimum absolute atomic E-state index is 0.0737. The van der Waals surface area contributed by atoms with Crippen LogP contribution in [-0.4, -0.2) is 53.1 Å². The molecule has 2 aromatic carbocycles. The highest BCUT2D eigenvalue weighted by Crippen LogP contribution is 2.25. The number of amides is 1. The topological polar surface area (TPSA) is 37.3 Å². The highest BCUT2D eigenvalue weighted by Gasteiger charge is 2.11. The molecule has 0 spiro atoms. The summed E-state index contributed by atoms with van der Waals surface area (Å²) in [7, 11) is 0. The number of thioether (sulfide) groups is 1. The number of hydrogen-bond acceptors (Lipinski definition) is 3. The lowest BCUT2D eigenvalue weighted by Gasteiger charge is -2.26. The summed E-state index contributed by atoms with van der Waals surface area (Å²) >= 11 is 2.01. The van der Waals surface area contributed by atoms with E-state index in [-0.39, 0.29) is 5.91 Å². The molecule has 1 fully saturated rings. The summed E-state index contributed by atoms with van der Waals surface area (Å²) in [6, 6.07) is 17.1. The second kappa shape index (κ2) is 8.84. The molecule has 1 saturated heterocycles. The van der Waals surface area contributed by atoms with E-state index in [2.05, 4.69) is 65.7 Å². The summed E-state index contributed by atoms with van der Waals surface area (Å²) in [6.07, 6.45) is 2.00. The van der Waals surface area contributed by atoms with Crippen LogP contribution < -0.4 is 5.32 Å². The van der Waals surface area contributed by atoms with Crippen molar-refractivity contribution in [3.63, 3.8) is 0 Å². The maximum absolute atomic E-state index is 12.4. The van der Waals surface area contributed by atoms with Gasteiger partial charge in [0, 0.05) is 49.4 Å². The van der Waals surface area contributed by atoms with Crippen LogP contribution in [0, 0.1) is 6.92 Å². The van der Waals surface area contributed by atoms with Crippen LogP contribution in [0.1, 0.15) is 5.56 Å². The van der Waals surface area contributed by atoms with Crippen LogP contribution in [0.3, 0.4) is 0 Å². The van der Waals surface area contributed by atoms with Gasteiger partial charge in [-0.25, -0.2) is 0 Å². The minimum atomic E-state index is 0.0737. The van der Waals surface area contributed by atoms with Gasteiger partial charge in [-0.15, -0.1) is 0 Å². The molecular formula is C23H27N3OS. The Kier molecular flexibility index (Phi) is 6.03. The van der Waals surface area contributed by atoms with Gasteiger partial charge >= 0.3 is 0 Å². The zero-order chi connectivity index (χ0) is 19.3. The average Bonchev–Trinajstić information content (AvgIpc) is 3.11. The predicted molar refractivity (Wildman–Crippen MR) is 119 cm³/mol. The van der Waals surface area contributed by atoms with E-state index in [0.717, 1.165) is 37.1 Å². The third-order valence-electron chi connectivity index (χ3n) is 5.33. The van der Waals surface area contributed by atoms with Crippen molar-refractivity contribution in [1.82, 2.24) is 14.8 Å². The maximum atomic E-state index is 12.4. The standard InChI is InChI=1S/C23H27N3OS/c1-18-2-4-19(5-3-18)21-7-6-20-8-10-26(22(20)16-21)17-23(27)24-9-11-25-12-14-28-15-13-25/h2-8,10,16H,9,11-15,17H2,1H3,(H,24,27). The van der Waals surface area contributed by atoms with Gasteiger partial charge in [0.1, 0.15) is 6.54 Å². The van der Waals surface area contributed by atoms with Crippen molar-refractivity contribution in [2.75, 3.05) is 37.7 Å². The van der Waals surface area contributed by atoms with E-state index in [0.29, 0.717) is 6.54 Å². The quantitative estimate of drug-likeness (QED) is 0.692. The van der Waals surface area contributed by atoms with Crippen LogP contribution in [0.2, 0.25) is 0 Å². The van der Waals surface area contributed by atoms with Gasteiger partial charge in [0.05, 0.1) is 0 Å². The number of carbonyl (C=O) groups excluding carboxylic acids is 1. The molecule has 5 heteroatoms. The smallest absolute Gasteiger partial charge is 0.239 e. The molecule has 146 valence electrons. The van der Waals surface area contributed by atoms with Crippen molar-refractivity contribution in [1.29, 1.82) is 0 Å². The van der Waals surface area contributed by atoms with Crippen LogP contribution in [0.5, 0.6) is 0 Å². The molecule has 28 heavy (non-hydrogen) atoms. The van der Waals surface area contributed by atoms with Crippen LogP contribution in [0.15, 0.2) is 54.7 Å². The molecule has 0 bridgehead atoms. The van der Waals surface area contributed by atoms with Gasteiger partial charge in [-0.2, -0.15) is 11.8 Å². The fraction of sp³-hybridized carbons (Fsp3) is 0.348. The van der Waals surface area contributed by atoms with E-state index in [1.165, 1.54) is 28.2 Å². The summed E-state index contributed by atoms with van der Waals surface area (Å²) in [4.78, 5) is 14.9. The van der Waals surface area contributed by atoms with Gasteiger partial charge in [-0.1, -0.05) is 42.0 Å². The Morgan fingerprint density at radius 2 is 1.79 bits per heavy atom. The van der Waals surface area contributed by atoms with Crippen LogP contribution >= 0.6 is 11.8 Å². The molecule has 4 rings (SSSR count). The number of carbonyl (C=O) groups is 1. The Balaban J connectivity index is 1.41. The Bertz CT molecular complexity index is 942. The van der Waals surface area contributed by atoms with E-state index in [9.17, 15) is 4.79 Å². The number of aromatic nitrogens is 1. The lowest BCUT2D eigenvalue weighted by Crippen LogP contribution is -2.39. The van der Waals surface area contributed by atoms with Gasteiger partial charge < -0.3 is 9.88 Å². The SMILES string of the molecule is Cc1ccc(-c2ccc3ccn(CC(=O)NCCN4CCSCC4)c3c2)cc1. The van der Waals surface area contributed by atoms with E-state index < -0.39 is 0 Å². The van der Waals surface area contributed by atoms with Crippen molar-refractivity contribution in [3.05, 3.63) is 60.3 Å². The van der Waals surface area contributed by atoms with Crippen molar-refractivity contribution < 1.29 is 4.79 Å². The van der Waals surface area contributed by atoms with E-state index in [1.807, 2.05) is 22.5 Å². The first-order valence-electron chi connectivity index (χ1n) is 9.92. The van der Waals surface area contributed by atoms with Gasteiger partial charge in [-0.05, 0) is 35.6 Å². The first kappa shape index (κ1) is 19.1. The largest absolute Gasteiger partial charge is 0.353 e. The van der Waals surface area contributed by atoms with Crippen LogP contribution in [0.25, 0.3) is 22.0 Å². The molecule has 2 heterocycles. The molecule has 0 unspecified atom stereocenters. The monoisotopic (exact) mass is 393 g/mol. The van der Waals surface area contributed by atoms with Gasteiger partial charge in [-0.3, -0.25) is 9.69 Å². The molecule has 1 N–H and O–H groups in total. The first-order valence-corrected chi connectivity index (χ1v) is 11.1. The third-order valence-corrected chi connectivity index (χ3v) is 6.27. The lowest BCUT2D eigenvalue weighted by atomic mass is 10.0. The molecule has 1 amide bonds. The Morgan fingerprint density at radius 3 is 2.57 bits per heavy atom. The van der Waals surface area contributed by atoms with Crippen molar-refractivity contribution in [3.8, 4) is 11.1 Å². The number of nitrogens with one attached hydrogen (secondary N) is 1. The van der Waals surface area contributed by atoms with Crippen molar-refractivity contribution >= 4 is 28.6 Å². The van der Waals surface area contributed by atoms with E-state index in [4.69, 9.17) is 0 Å². The normalized spacial score (nSPS) is 15.0. The number of benzene rings is 2. The fourth-order valence-corrected chi connectivity index (χ4v) is 4.61. The molecule has 0 saturated carbocycles. The second-order valence-electron chi connectivity index (χ2n) is 7.39. The predicted octanol–water partition coefficient (Wildman–Crippen LogP) is 3.78. The average molecular weight is 394 g/mol. The zero-order valence-corrected chi connectivity index (χ0v) is 17.2. The molecule has 0 radical (unpaired) electrons. The summed E-state index contributed by atoms with van der Waals surface area (Å²) in [5.74, 6) is 2.48. The molecule has 0 atom stereocenters. The fourth-order valence-electron chi connectivity index (χ4n) is 3.64. The number of nitrogens with zero attached hydrogens (tertiary/aromatic N) is 2. The molecule has 4 nitrogen and oxygen atoms in total. The third kappa shape index (κ3) is 4.59.